The van der Waals surface area contributed by atoms with Gasteiger partial charge in [-0.1, -0.05) is 42.1 Å². The van der Waals surface area contributed by atoms with Crippen molar-refractivity contribution in [3.05, 3.63) is 89.2 Å². The van der Waals surface area contributed by atoms with Crippen molar-refractivity contribution < 1.29 is 4.42 Å². The van der Waals surface area contributed by atoms with Crippen molar-refractivity contribution >= 4 is 22.7 Å². The Morgan fingerprint density at radius 3 is 2.60 bits per heavy atom. The van der Waals surface area contributed by atoms with E-state index >= 15 is 0 Å². The summed E-state index contributed by atoms with van der Waals surface area (Å²) in [5, 5.41) is 9.85. The van der Waals surface area contributed by atoms with Gasteiger partial charge >= 0.3 is 0 Å². The number of para-hydroxylation sites is 2. The number of hydrogen-bond donors (Lipinski definition) is 1. The molecule has 8 heteroatoms. The Kier molecular flexibility index (Phi) is 4.68. The molecule has 2 aromatic carbocycles. The molecule has 0 aliphatic heterocycles. The summed E-state index contributed by atoms with van der Waals surface area (Å²) in [7, 11) is 0. The fourth-order valence-corrected chi connectivity index (χ4v) is 4.16. The summed E-state index contributed by atoms with van der Waals surface area (Å²) >= 11 is 1.47. The van der Waals surface area contributed by atoms with E-state index < -0.39 is 0 Å². The maximum Gasteiger partial charge on any atom is 0.258 e. The SMILES string of the molecule is CC(Sc1nnc(-c2ccco2)n1-c1ccccc1)c1nc2ccccc2c(=O)[nH]1. The molecule has 0 aliphatic carbocycles. The third-order valence-electron chi connectivity index (χ3n) is 4.69. The summed E-state index contributed by atoms with van der Waals surface area (Å²) in [6.45, 7) is 1.98. The number of benzene rings is 2. The van der Waals surface area contributed by atoms with Crippen LogP contribution in [0, 0.1) is 0 Å². The molecule has 3 aromatic heterocycles. The first kappa shape index (κ1) is 18.4. The molecule has 5 rings (SSSR count). The van der Waals surface area contributed by atoms with Crippen molar-refractivity contribution in [3.8, 4) is 17.3 Å². The van der Waals surface area contributed by atoms with E-state index in [2.05, 4.69) is 20.2 Å². The van der Waals surface area contributed by atoms with Crippen LogP contribution in [0.1, 0.15) is 18.0 Å². The first-order valence-corrected chi connectivity index (χ1v) is 10.3. The minimum absolute atomic E-state index is 0.149. The Morgan fingerprint density at radius 1 is 1.00 bits per heavy atom. The van der Waals surface area contributed by atoms with Crippen LogP contribution in [0.15, 0.2) is 87.4 Å². The van der Waals surface area contributed by atoms with E-state index in [1.165, 1.54) is 11.8 Å². The molecule has 0 bridgehead atoms. The number of aromatic nitrogens is 5. The molecule has 0 radical (unpaired) electrons. The summed E-state index contributed by atoms with van der Waals surface area (Å²) in [6, 6.07) is 20.8. The molecule has 1 unspecified atom stereocenters. The molecule has 0 saturated heterocycles. The highest BCUT2D eigenvalue weighted by molar-refractivity contribution is 7.99. The maximum atomic E-state index is 12.5. The van der Waals surface area contributed by atoms with E-state index in [0.29, 0.717) is 33.5 Å². The molecule has 7 nitrogen and oxygen atoms in total. The fourth-order valence-electron chi connectivity index (χ4n) is 3.23. The maximum absolute atomic E-state index is 12.5. The number of rotatable bonds is 5. The van der Waals surface area contributed by atoms with Crippen molar-refractivity contribution in [1.82, 2.24) is 24.7 Å². The zero-order valence-corrected chi connectivity index (χ0v) is 16.8. The van der Waals surface area contributed by atoms with Crippen molar-refractivity contribution in [2.24, 2.45) is 0 Å². The van der Waals surface area contributed by atoms with E-state index in [9.17, 15) is 4.79 Å². The molecule has 148 valence electrons. The molecule has 1 N–H and O–H groups in total. The summed E-state index contributed by atoms with van der Waals surface area (Å²) in [5.74, 6) is 1.83. The topological polar surface area (TPSA) is 89.6 Å². The number of thioether (sulfide) groups is 1. The molecule has 30 heavy (non-hydrogen) atoms. The van der Waals surface area contributed by atoms with Crippen LogP contribution in [0.25, 0.3) is 28.2 Å². The zero-order valence-electron chi connectivity index (χ0n) is 16.0. The van der Waals surface area contributed by atoms with Crippen molar-refractivity contribution in [1.29, 1.82) is 0 Å². The minimum Gasteiger partial charge on any atom is -0.461 e. The molecule has 1 atom stereocenters. The molecule has 0 fully saturated rings. The second kappa shape index (κ2) is 7.64. The Labute approximate surface area is 175 Å². The number of nitrogens with one attached hydrogen (secondary N) is 1. The van der Waals surface area contributed by atoms with Crippen LogP contribution in [0.3, 0.4) is 0 Å². The first-order valence-electron chi connectivity index (χ1n) is 9.41. The van der Waals surface area contributed by atoms with Crippen molar-refractivity contribution in [2.45, 2.75) is 17.3 Å². The molecular weight excluding hydrogens is 398 g/mol. The molecule has 0 amide bonds. The molecule has 3 heterocycles. The third-order valence-corrected chi connectivity index (χ3v) is 5.74. The molecular formula is C22H17N5O2S. The quantitative estimate of drug-likeness (QED) is 0.422. The Hall–Kier alpha value is -3.65. The van der Waals surface area contributed by atoms with Gasteiger partial charge in [0.1, 0.15) is 5.82 Å². The molecule has 0 spiro atoms. The highest BCUT2D eigenvalue weighted by Crippen LogP contribution is 2.35. The average molecular weight is 415 g/mol. The predicted molar refractivity (Wildman–Crippen MR) is 116 cm³/mol. The number of aromatic amines is 1. The van der Waals surface area contributed by atoms with Gasteiger partial charge in [-0.05, 0) is 43.3 Å². The molecule has 0 aliphatic rings. The number of H-pyrrole nitrogens is 1. The number of nitrogens with zero attached hydrogens (tertiary/aromatic N) is 4. The normalized spacial score (nSPS) is 12.3. The minimum atomic E-state index is -0.154. The lowest BCUT2D eigenvalue weighted by atomic mass is 10.2. The van der Waals surface area contributed by atoms with Crippen LogP contribution in [0.4, 0.5) is 0 Å². The van der Waals surface area contributed by atoms with E-state index in [1.54, 1.807) is 12.3 Å². The second-order valence-electron chi connectivity index (χ2n) is 6.68. The van der Waals surface area contributed by atoms with Crippen LogP contribution < -0.4 is 5.56 Å². The Balaban J connectivity index is 1.56. The number of hydrogen-bond acceptors (Lipinski definition) is 6. The second-order valence-corrected chi connectivity index (χ2v) is 7.99. The number of fused-ring (bicyclic) bond motifs is 1. The Bertz CT molecular complexity index is 1360. The van der Waals surface area contributed by atoms with Crippen LogP contribution in [-0.2, 0) is 0 Å². The van der Waals surface area contributed by atoms with Crippen LogP contribution in [0.2, 0.25) is 0 Å². The third kappa shape index (κ3) is 3.31. The van der Waals surface area contributed by atoms with E-state index in [0.717, 1.165) is 5.69 Å². The predicted octanol–water partition coefficient (Wildman–Crippen LogP) is 4.62. The van der Waals surface area contributed by atoms with E-state index in [1.807, 2.05) is 72.2 Å². The molecule has 5 aromatic rings. The highest BCUT2D eigenvalue weighted by Gasteiger charge is 2.21. The zero-order chi connectivity index (χ0) is 20.5. The average Bonchev–Trinajstić information content (AvgIpc) is 3.44. The van der Waals surface area contributed by atoms with Gasteiger partial charge in [-0.3, -0.25) is 9.36 Å². The highest BCUT2D eigenvalue weighted by atomic mass is 32.2. The smallest absolute Gasteiger partial charge is 0.258 e. The van der Waals surface area contributed by atoms with Gasteiger partial charge in [0.05, 0.1) is 22.4 Å². The summed E-state index contributed by atoms with van der Waals surface area (Å²) < 4.78 is 7.50. The van der Waals surface area contributed by atoms with Crippen molar-refractivity contribution in [2.75, 3.05) is 0 Å². The lowest BCUT2D eigenvalue weighted by Crippen LogP contribution is -2.13. The van der Waals surface area contributed by atoms with Crippen LogP contribution in [-0.4, -0.2) is 24.7 Å². The molecule has 0 saturated carbocycles. The monoisotopic (exact) mass is 415 g/mol. The van der Waals surface area contributed by atoms with Crippen LogP contribution in [0.5, 0.6) is 0 Å². The van der Waals surface area contributed by atoms with Gasteiger partial charge in [0.25, 0.3) is 5.56 Å². The summed E-state index contributed by atoms with van der Waals surface area (Å²) in [6.07, 6.45) is 1.61. The summed E-state index contributed by atoms with van der Waals surface area (Å²) in [4.78, 5) is 20.0. The van der Waals surface area contributed by atoms with Crippen LogP contribution >= 0.6 is 11.8 Å². The first-order chi connectivity index (χ1) is 14.7. The van der Waals surface area contributed by atoms with Gasteiger partial charge in [-0.15, -0.1) is 10.2 Å². The fraction of sp³-hybridized carbons (Fsp3) is 0.0909. The van der Waals surface area contributed by atoms with Gasteiger partial charge < -0.3 is 9.40 Å². The lowest BCUT2D eigenvalue weighted by molar-refractivity contribution is 0.575. The van der Waals surface area contributed by atoms with Crippen molar-refractivity contribution in [3.63, 3.8) is 0 Å². The van der Waals surface area contributed by atoms with Gasteiger partial charge in [0, 0.05) is 5.69 Å². The largest absolute Gasteiger partial charge is 0.461 e. The van der Waals surface area contributed by atoms with Gasteiger partial charge in [-0.25, -0.2) is 4.98 Å². The Morgan fingerprint density at radius 2 is 1.80 bits per heavy atom. The van der Waals surface area contributed by atoms with E-state index in [-0.39, 0.29) is 10.8 Å². The number of furan rings is 1. The van der Waals surface area contributed by atoms with Gasteiger partial charge in [-0.2, -0.15) is 0 Å². The lowest BCUT2D eigenvalue weighted by Gasteiger charge is -2.13. The summed E-state index contributed by atoms with van der Waals surface area (Å²) in [5.41, 5.74) is 1.44. The van der Waals surface area contributed by atoms with Gasteiger partial charge in [0.2, 0.25) is 5.82 Å². The van der Waals surface area contributed by atoms with E-state index in [4.69, 9.17) is 4.42 Å². The standard InChI is InChI=1S/C22H17N5O2S/c1-14(19-23-17-11-6-5-10-16(17)21(28)24-19)30-22-26-25-20(18-12-7-13-29-18)27(22)15-8-3-2-4-9-15/h2-14H,1H3,(H,23,24,28). The van der Waals surface area contributed by atoms with Gasteiger partial charge in [0.15, 0.2) is 10.9 Å².